The van der Waals surface area contributed by atoms with Crippen molar-refractivity contribution in [2.24, 2.45) is 0 Å². The molecule has 4 amide bonds. The molecule has 0 atom stereocenters. The van der Waals surface area contributed by atoms with Crippen LogP contribution in [0.15, 0.2) is 42.5 Å². The number of carbonyl (C=O) groups excluding carboxylic acids is 4. The fraction of sp³-hybridized carbons (Fsp3) is 0. The second-order valence-corrected chi connectivity index (χ2v) is 9.19. The Morgan fingerprint density at radius 2 is 0.818 bits per heavy atom. The first kappa shape index (κ1) is 22.2. The predicted octanol–water partition coefficient (Wildman–Crippen LogP) is 6.55. The SMILES string of the molecule is O=C1c2cc(Cl)c(Cl)cc2C(=O)N1c1ccc(N2C(=O)c3cc(Cl)c(Cl)cc3C2=O)c(Cl)c1. The summed E-state index contributed by atoms with van der Waals surface area (Å²) in [5.74, 6) is -2.48. The van der Waals surface area contributed by atoms with Crippen LogP contribution in [0.1, 0.15) is 41.4 Å². The first-order chi connectivity index (χ1) is 15.6. The standard InChI is InChI=1S/C22H7Cl5N2O4/c23-13-4-9-10(5-14(13)24)20(31)28(19(9)30)8-1-2-18(17(27)3-8)29-21(32)11-6-15(25)16(26)7-12(11)22(29)33/h1-7H. The molecular weight excluding hydrogens is 534 g/mol. The lowest BCUT2D eigenvalue weighted by Crippen LogP contribution is -2.31. The summed E-state index contributed by atoms with van der Waals surface area (Å²) in [5.41, 5.74) is 0.589. The lowest BCUT2D eigenvalue weighted by Gasteiger charge is -2.19. The van der Waals surface area contributed by atoms with E-state index in [0.717, 1.165) is 9.80 Å². The van der Waals surface area contributed by atoms with Crippen molar-refractivity contribution in [2.45, 2.75) is 0 Å². The number of nitrogens with zero attached hydrogens (tertiary/aromatic N) is 2. The second-order valence-electron chi connectivity index (χ2n) is 7.15. The number of rotatable bonds is 2. The molecule has 0 aliphatic carbocycles. The molecule has 0 saturated carbocycles. The summed E-state index contributed by atoms with van der Waals surface area (Å²) in [5, 5.41) is 0.499. The Morgan fingerprint density at radius 3 is 1.18 bits per heavy atom. The summed E-state index contributed by atoms with van der Waals surface area (Å²) in [4.78, 5) is 53.3. The molecule has 3 aromatic carbocycles. The Labute approximate surface area is 211 Å². The molecule has 11 heteroatoms. The van der Waals surface area contributed by atoms with Crippen molar-refractivity contribution in [1.82, 2.24) is 0 Å². The molecule has 3 aromatic rings. The van der Waals surface area contributed by atoms with Gasteiger partial charge in [0.15, 0.2) is 0 Å². The summed E-state index contributed by atoms with van der Waals surface area (Å²) in [6, 6.07) is 9.36. The topological polar surface area (TPSA) is 74.8 Å². The normalized spacial score (nSPS) is 14.9. The Bertz CT molecular complexity index is 1390. The van der Waals surface area contributed by atoms with E-state index >= 15 is 0 Å². The van der Waals surface area contributed by atoms with Gasteiger partial charge in [-0.15, -0.1) is 0 Å². The molecule has 0 radical (unpaired) electrons. The molecule has 0 spiro atoms. The van der Waals surface area contributed by atoms with E-state index in [1.807, 2.05) is 0 Å². The van der Waals surface area contributed by atoms with Gasteiger partial charge in [0.25, 0.3) is 23.6 Å². The van der Waals surface area contributed by atoms with E-state index in [-0.39, 0.29) is 58.7 Å². The summed E-state index contributed by atoms with van der Waals surface area (Å²) in [6.45, 7) is 0. The van der Waals surface area contributed by atoms with Gasteiger partial charge in [-0.3, -0.25) is 19.2 Å². The Kier molecular flexibility index (Phi) is 5.19. The molecule has 0 unspecified atom stereocenters. The lowest BCUT2D eigenvalue weighted by molar-refractivity contribution is 0.0909. The van der Waals surface area contributed by atoms with Gasteiger partial charge in [-0.2, -0.15) is 0 Å². The van der Waals surface area contributed by atoms with Crippen molar-refractivity contribution < 1.29 is 19.2 Å². The summed E-state index contributed by atoms with van der Waals surface area (Å²) in [7, 11) is 0. The summed E-state index contributed by atoms with van der Waals surface area (Å²) in [6.07, 6.45) is 0. The zero-order valence-electron chi connectivity index (χ0n) is 16.0. The maximum absolute atomic E-state index is 12.9. The fourth-order valence-corrected chi connectivity index (χ4v) is 4.65. The molecular formula is C22H7Cl5N2O4. The molecule has 5 rings (SSSR count). The van der Waals surface area contributed by atoms with Gasteiger partial charge in [-0.05, 0) is 42.5 Å². The molecule has 33 heavy (non-hydrogen) atoms. The number of hydrogen-bond acceptors (Lipinski definition) is 4. The van der Waals surface area contributed by atoms with Crippen LogP contribution in [0.2, 0.25) is 25.1 Å². The second kappa shape index (κ2) is 7.72. The first-order valence-electron chi connectivity index (χ1n) is 9.15. The highest BCUT2D eigenvalue weighted by molar-refractivity contribution is 6.46. The number of fused-ring (bicyclic) bond motifs is 2. The van der Waals surface area contributed by atoms with Crippen LogP contribution < -0.4 is 9.80 Å². The monoisotopic (exact) mass is 538 g/mol. The third-order valence-corrected chi connectivity index (χ3v) is 7.03. The zero-order chi connectivity index (χ0) is 23.8. The number of benzene rings is 3. The minimum absolute atomic E-state index is 0.0354. The van der Waals surface area contributed by atoms with Gasteiger partial charge in [0.2, 0.25) is 0 Å². The van der Waals surface area contributed by atoms with Crippen LogP contribution in [-0.2, 0) is 0 Å². The van der Waals surface area contributed by atoms with Crippen molar-refractivity contribution in [3.05, 3.63) is 89.8 Å². The van der Waals surface area contributed by atoms with Crippen molar-refractivity contribution in [1.29, 1.82) is 0 Å². The number of anilines is 2. The van der Waals surface area contributed by atoms with E-state index < -0.39 is 23.6 Å². The number of hydrogen-bond donors (Lipinski definition) is 0. The van der Waals surface area contributed by atoms with Crippen LogP contribution in [0.4, 0.5) is 11.4 Å². The van der Waals surface area contributed by atoms with E-state index in [2.05, 4.69) is 0 Å². The van der Waals surface area contributed by atoms with E-state index in [0.29, 0.717) is 0 Å². The Balaban J connectivity index is 1.53. The van der Waals surface area contributed by atoms with Crippen LogP contribution in [0.3, 0.4) is 0 Å². The molecule has 0 fully saturated rings. The predicted molar refractivity (Wildman–Crippen MR) is 127 cm³/mol. The number of imide groups is 2. The average Bonchev–Trinajstić information content (AvgIpc) is 3.13. The van der Waals surface area contributed by atoms with Crippen molar-refractivity contribution in [2.75, 3.05) is 9.80 Å². The quantitative estimate of drug-likeness (QED) is 0.345. The van der Waals surface area contributed by atoms with Gasteiger partial charge in [0.05, 0.1) is 58.7 Å². The maximum atomic E-state index is 12.9. The summed E-state index contributed by atoms with van der Waals surface area (Å²) >= 11 is 30.3. The summed E-state index contributed by atoms with van der Waals surface area (Å²) < 4.78 is 0. The molecule has 0 N–H and O–H groups in total. The van der Waals surface area contributed by atoms with Crippen LogP contribution in [0, 0.1) is 0 Å². The highest BCUT2D eigenvalue weighted by Crippen LogP contribution is 2.40. The van der Waals surface area contributed by atoms with Crippen LogP contribution in [-0.4, -0.2) is 23.6 Å². The van der Waals surface area contributed by atoms with Gasteiger partial charge in [-0.25, -0.2) is 9.80 Å². The highest BCUT2D eigenvalue weighted by Gasteiger charge is 2.40. The largest absolute Gasteiger partial charge is 0.268 e. The number of carbonyl (C=O) groups is 4. The van der Waals surface area contributed by atoms with Gasteiger partial charge >= 0.3 is 0 Å². The smallest absolute Gasteiger partial charge is 0.266 e. The molecule has 2 heterocycles. The van der Waals surface area contributed by atoms with Crippen LogP contribution >= 0.6 is 58.0 Å². The van der Waals surface area contributed by atoms with E-state index in [1.54, 1.807) is 0 Å². The minimum Gasteiger partial charge on any atom is -0.268 e. The van der Waals surface area contributed by atoms with Gasteiger partial charge in [0, 0.05) is 0 Å². The molecule has 0 saturated heterocycles. The maximum Gasteiger partial charge on any atom is 0.266 e. The van der Waals surface area contributed by atoms with Gasteiger partial charge < -0.3 is 0 Å². The lowest BCUT2D eigenvalue weighted by atomic mass is 10.1. The van der Waals surface area contributed by atoms with Crippen molar-refractivity contribution >= 4 is 93.0 Å². The van der Waals surface area contributed by atoms with Gasteiger partial charge in [-0.1, -0.05) is 58.0 Å². The van der Waals surface area contributed by atoms with Gasteiger partial charge in [0.1, 0.15) is 0 Å². The van der Waals surface area contributed by atoms with Crippen LogP contribution in [0.5, 0.6) is 0 Å². The average molecular weight is 541 g/mol. The molecule has 0 aromatic heterocycles. The minimum atomic E-state index is -0.631. The molecule has 164 valence electrons. The molecule has 2 aliphatic heterocycles. The third-order valence-electron chi connectivity index (χ3n) is 5.29. The van der Waals surface area contributed by atoms with Crippen LogP contribution in [0.25, 0.3) is 0 Å². The van der Waals surface area contributed by atoms with Crippen molar-refractivity contribution in [3.8, 4) is 0 Å². The zero-order valence-corrected chi connectivity index (χ0v) is 19.7. The van der Waals surface area contributed by atoms with E-state index in [4.69, 9.17) is 58.0 Å². The van der Waals surface area contributed by atoms with E-state index in [1.165, 1.54) is 42.5 Å². The molecule has 6 nitrogen and oxygen atoms in total. The third kappa shape index (κ3) is 3.25. The Morgan fingerprint density at radius 1 is 0.455 bits per heavy atom. The van der Waals surface area contributed by atoms with Crippen molar-refractivity contribution in [3.63, 3.8) is 0 Å². The Hall–Kier alpha value is -2.61. The molecule has 0 bridgehead atoms. The first-order valence-corrected chi connectivity index (χ1v) is 11.0. The van der Waals surface area contributed by atoms with E-state index in [9.17, 15) is 19.2 Å². The molecule has 2 aliphatic rings. The number of amides is 4. The number of halogens is 5. The highest BCUT2D eigenvalue weighted by atomic mass is 35.5. The fourth-order valence-electron chi connectivity index (χ4n) is 3.74.